The van der Waals surface area contributed by atoms with Crippen LogP contribution < -0.4 is 10.6 Å². The van der Waals surface area contributed by atoms with E-state index in [2.05, 4.69) is 20.6 Å². The molecule has 1 aromatic carbocycles. The Labute approximate surface area is 122 Å². The van der Waals surface area contributed by atoms with E-state index in [1.54, 1.807) is 12.1 Å². The molecule has 0 aliphatic carbocycles. The Bertz CT molecular complexity index is 537. The lowest BCUT2D eigenvalue weighted by atomic mass is 10.1. The number of thioether (sulfide) groups is 1. The fourth-order valence-corrected chi connectivity index (χ4v) is 2.10. The van der Waals surface area contributed by atoms with Crippen LogP contribution in [0.25, 0.3) is 0 Å². The zero-order chi connectivity index (χ0) is 14.4. The molecular weight excluding hydrogens is 275 g/mol. The molecule has 0 saturated carbocycles. The minimum absolute atomic E-state index is 0.208. The maximum atomic E-state index is 12.8. The number of hydrogen-bond donors (Lipinski definition) is 2. The van der Waals surface area contributed by atoms with Crippen molar-refractivity contribution >= 4 is 23.4 Å². The van der Waals surface area contributed by atoms with Crippen molar-refractivity contribution in [3.8, 4) is 0 Å². The van der Waals surface area contributed by atoms with E-state index in [-0.39, 0.29) is 5.82 Å². The SMILES string of the molecule is CNc1cc(NCCc2ccc(F)cc2)nc(SC)n1. The van der Waals surface area contributed by atoms with Gasteiger partial charge in [-0.15, -0.1) is 0 Å². The smallest absolute Gasteiger partial charge is 0.191 e. The molecule has 106 valence electrons. The van der Waals surface area contributed by atoms with E-state index < -0.39 is 0 Å². The third-order valence-corrected chi connectivity index (χ3v) is 3.33. The Morgan fingerprint density at radius 3 is 2.50 bits per heavy atom. The summed E-state index contributed by atoms with van der Waals surface area (Å²) in [5, 5.41) is 6.99. The van der Waals surface area contributed by atoms with Gasteiger partial charge in [0.2, 0.25) is 0 Å². The van der Waals surface area contributed by atoms with Crippen LogP contribution in [0.4, 0.5) is 16.0 Å². The van der Waals surface area contributed by atoms with Gasteiger partial charge in [0.25, 0.3) is 0 Å². The van der Waals surface area contributed by atoms with Crippen molar-refractivity contribution in [1.82, 2.24) is 9.97 Å². The van der Waals surface area contributed by atoms with E-state index in [1.165, 1.54) is 23.9 Å². The number of halogens is 1. The standard InChI is InChI=1S/C14H17FN4S/c1-16-12-9-13(19-14(18-12)20-2)17-8-7-10-3-5-11(15)6-4-10/h3-6,9H,7-8H2,1-2H3,(H2,16,17,18,19). The Hall–Kier alpha value is -1.82. The van der Waals surface area contributed by atoms with Gasteiger partial charge in [-0.2, -0.15) is 0 Å². The molecule has 6 heteroatoms. The van der Waals surface area contributed by atoms with Crippen molar-refractivity contribution in [2.75, 3.05) is 30.5 Å². The summed E-state index contributed by atoms with van der Waals surface area (Å²) in [6.07, 6.45) is 2.75. The molecule has 0 amide bonds. The molecule has 2 N–H and O–H groups in total. The van der Waals surface area contributed by atoms with Crippen LogP contribution in [0.15, 0.2) is 35.5 Å². The number of benzene rings is 1. The largest absolute Gasteiger partial charge is 0.373 e. The van der Waals surface area contributed by atoms with Crippen LogP contribution in [-0.2, 0) is 6.42 Å². The molecule has 0 aliphatic rings. The van der Waals surface area contributed by atoms with Crippen molar-refractivity contribution in [3.05, 3.63) is 41.7 Å². The molecule has 2 aromatic rings. The maximum Gasteiger partial charge on any atom is 0.191 e. The van der Waals surface area contributed by atoms with Crippen molar-refractivity contribution in [2.24, 2.45) is 0 Å². The summed E-state index contributed by atoms with van der Waals surface area (Å²) in [6, 6.07) is 8.41. The van der Waals surface area contributed by atoms with Crippen molar-refractivity contribution in [2.45, 2.75) is 11.6 Å². The lowest BCUT2D eigenvalue weighted by Gasteiger charge is -2.09. The highest BCUT2D eigenvalue weighted by Gasteiger charge is 2.02. The third kappa shape index (κ3) is 4.09. The van der Waals surface area contributed by atoms with Gasteiger partial charge in [0.1, 0.15) is 17.5 Å². The predicted octanol–water partition coefficient (Wildman–Crippen LogP) is 3.03. The van der Waals surface area contributed by atoms with Gasteiger partial charge in [0.05, 0.1) is 0 Å². The van der Waals surface area contributed by atoms with Crippen LogP contribution in [0, 0.1) is 5.82 Å². The topological polar surface area (TPSA) is 49.8 Å². The fourth-order valence-electron chi connectivity index (χ4n) is 1.72. The normalized spacial score (nSPS) is 10.3. The van der Waals surface area contributed by atoms with Gasteiger partial charge in [0.15, 0.2) is 5.16 Å². The van der Waals surface area contributed by atoms with E-state index in [9.17, 15) is 4.39 Å². The van der Waals surface area contributed by atoms with Crippen molar-refractivity contribution in [3.63, 3.8) is 0 Å². The van der Waals surface area contributed by atoms with Crippen LogP contribution in [0.2, 0.25) is 0 Å². The quantitative estimate of drug-likeness (QED) is 0.633. The van der Waals surface area contributed by atoms with Crippen LogP contribution >= 0.6 is 11.8 Å². The van der Waals surface area contributed by atoms with Crippen molar-refractivity contribution < 1.29 is 4.39 Å². The monoisotopic (exact) mass is 292 g/mol. The van der Waals surface area contributed by atoms with E-state index in [1.807, 2.05) is 19.4 Å². The first-order valence-electron chi connectivity index (χ1n) is 6.30. The summed E-state index contributed by atoms with van der Waals surface area (Å²) in [5.74, 6) is 1.37. The Morgan fingerprint density at radius 2 is 1.85 bits per heavy atom. The summed E-state index contributed by atoms with van der Waals surface area (Å²) in [4.78, 5) is 8.69. The second-order valence-corrected chi connectivity index (χ2v) is 4.95. The Balaban J connectivity index is 1.94. The summed E-state index contributed by atoms with van der Waals surface area (Å²) < 4.78 is 12.8. The summed E-state index contributed by atoms with van der Waals surface area (Å²) in [7, 11) is 1.83. The first-order valence-corrected chi connectivity index (χ1v) is 7.53. The number of aromatic nitrogens is 2. The predicted molar refractivity (Wildman–Crippen MR) is 82.0 cm³/mol. The van der Waals surface area contributed by atoms with Crippen LogP contribution in [-0.4, -0.2) is 29.8 Å². The van der Waals surface area contributed by atoms with Crippen LogP contribution in [0.5, 0.6) is 0 Å². The molecule has 0 radical (unpaired) electrons. The summed E-state index contributed by atoms with van der Waals surface area (Å²) >= 11 is 1.50. The average molecular weight is 292 g/mol. The maximum absolute atomic E-state index is 12.8. The van der Waals surface area contributed by atoms with Gasteiger partial charge in [0, 0.05) is 19.7 Å². The number of nitrogens with zero attached hydrogens (tertiary/aromatic N) is 2. The lowest BCUT2D eigenvalue weighted by Crippen LogP contribution is -2.08. The highest BCUT2D eigenvalue weighted by Crippen LogP contribution is 2.16. The number of rotatable bonds is 6. The third-order valence-electron chi connectivity index (χ3n) is 2.78. The van der Waals surface area contributed by atoms with E-state index in [0.29, 0.717) is 0 Å². The van der Waals surface area contributed by atoms with Gasteiger partial charge in [-0.25, -0.2) is 14.4 Å². The molecule has 0 saturated heterocycles. The zero-order valence-electron chi connectivity index (χ0n) is 11.5. The summed E-state index contributed by atoms with van der Waals surface area (Å²) in [6.45, 7) is 0.736. The Kier molecular flexibility index (Phi) is 5.17. The van der Waals surface area contributed by atoms with Gasteiger partial charge in [-0.1, -0.05) is 23.9 Å². The van der Waals surface area contributed by atoms with Crippen LogP contribution in [0.1, 0.15) is 5.56 Å². The molecule has 20 heavy (non-hydrogen) atoms. The molecule has 0 aliphatic heterocycles. The molecule has 0 spiro atoms. The molecule has 1 heterocycles. The van der Waals surface area contributed by atoms with Gasteiger partial charge in [-0.3, -0.25) is 0 Å². The van der Waals surface area contributed by atoms with Crippen LogP contribution in [0.3, 0.4) is 0 Å². The second-order valence-electron chi connectivity index (χ2n) is 4.18. The highest BCUT2D eigenvalue weighted by atomic mass is 32.2. The minimum atomic E-state index is -0.208. The average Bonchev–Trinajstić information content (AvgIpc) is 2.49. The molecule has 0 unspecified atom stereocenters. The number of hydrogen-bond acceptors (Lipinski definition) is 5. The number of anilines is 2. The van der Waals surface area contributed by atoms with Gasteiger partial charge in [-0.05, 0) is 30.4 Å². The fraction of sp³-hybridized carbons (Fsp3) is 0.286. The molecule has 2 rings (SSSR count). The zero-order valence-corrected chi connectivity index (χ0v) is 12.3. The molecular formula is C14H17FN4S. The Morgan fingerprint density at radius 1 is 1.15 bits per heavy atom. The van der Waals surface area contributed by atoms with E-state index in [4.69, 9.17) is 0 Å². The lowest BCUT2D eigenvalue weighted by molar-refractivity contribution is 0.627. The van der Waals surface area contributed by atoms with E-state index >= 15 is 0 Å². The summed E-state index contributed by atoms with van der Waals surface area (Å²) in [5.41, 5.74) is 1.09. The minimum Gasteiger partial charge on any atom is -0.373 e. The van der Waals surface area contributed by atoms with Gasteiger partial charge < -0.3 is 10.6 Å². The highest BCUT2D eigenvalue weighted by molar-refractivity contribution is 7.98. The molecule has 1 aromatic heterocycles. The molecule has 0 atom stereocenters. The van der Waals surface area contributed by atoms with E-state index in [0.717, 1.165) is 35.3 Å². The molecule has 0 bridgehead atoms. The van der Waals surface area contributed by atoms with Crippen molar-refractivity contribution in [1.29, 1.82) is 0 Å². The molecule has 4 nitrogen and oxygen atoms in total. The molecule has 0 fully saturated rings. The first kappa shape index (κ1) is 14.6. The van der Waals surface area contributed by atoms with Gasteiger partial charge >= 0.3 is 0 Å². The first-order chi connectivity index (χ1) is 9.71. The number of nitrogens with one attached hydrogen (secondary N) is 2. The second kappa shape index (κ2) is 7.09.